The van der Waals surface area contributed by atoms with E-state index in [1.54, 1.807) is 18.2 Å². The highest BCUT2D eigenvalue weighted by molar-refractivity contribution is 6.31. The fourth-order valence-corrected chi connectivity index (χ4v) is 2.77. The highest BCUT2D eigenvalue weighted by Gasteiger charge is 2.08. The van der Waals surface area contributed by atoms with Crippen molar-refractivity contribution in [1.29, 1.82) is 5.26 Å². The van der Waals surface area contributed by atoms with Crippen molar-refractivity contribution >= 4 is 29.2 Å². The summed E-state index contributed by atoms with van der Waals surface area (Å²) in [5.41, 5.74) is 4.01. The minimum Gasteiger partial charge on any atom is -0.478 e. The SMILES string of the molecule is Cc1ccc(-n2cccc2C=C(C#N)c2ccc(C(=O)O)cc2)cc1Cl. The quantitative estimate of drug-likeness (QED) is 0.648. The van der Waals surface area contributed by atoms with Crippen LogP contribution in [0.5, 0.6) is 0 Å². The first kappa shape index (κ1) is 17.5. The van der Waals surface area contributed by atoms with Gasteiger partial charge in [-0.3, -0.25) is 0 Å². The Morgan fingerprint density at radius 2 is 1.85 bits per heavy atom. The van der Waals surface area contributed by atoms with Crippen LogP contribution in [0.3, 0.4) is 0 Å². The van der Waals surface area contributed by atoms with Crippen molar-refractivity contribution in [3.8, 4) is 11.8 Å². The van der Waals surface area contributed by atoms with Gasteiger partial charge in [0.05, 0.1) is 17.2 Å². The molecule has 5 heteroatoms. The van der Waals surface area contributed by atoms with Gasteiger partial charge in [-0.1, -0.05) is 29.8 Å². The maximum Gasteiger partial charge on any atom is 0.335 e. The molecular weight excluding hydrogens is 348 g/mol. The number of halogens is 1. The number of aromatic nitrogens is 1. The molecule has 0 atom stereocenters. The van der Waals surface area contributed by atoms with E-state index in [1.807, 2.05) is 48.0 Å². The smallest absolute Gasteiger partial charge is 0.335 e. The molecule has 0 aliphatic rings. The number of carboxylic acid groups (broad SMARTS) is 1. The largest absolute Gasteiger partial charge is 0.478 e. The number of hydrogen-bond acceptors (Lipinski definition) is 2. The molecule has 0 fully saturated rings. The van der Waals surface area contributed by atoms with Gasteiger partial charge >= 0.3 is 5.97 Å². The molecule has 0 bridgehead atoms. The highest BCUT2D eigenvalue weighted by Crippen LogP contribution is 2.24. The van der Waals surface area contributed by atoms with Crippen molar-refractivity contribution in [1.82, 2.24) is 4.57 Å². The molecular formula is C21H15ClN2O2. The van der Waals surface area contributed by atoms with Gasteiger partial charge in [0.25, 0.3) is 0 Å². The van der Waals surface area contributed by atoms with E-state index in [-0.39, 0.29) is 5.56 Å². The van der Waals surface area contributed by atoms with E-state index in [0.29, 0.717) is 16.2 Å². The third-order valence-corrected chi connectivity index (χ3v) is 4.48. The standard InChI is InChI=1S/C21H15ClN2O2/c1-14-4-9-19(12-20(14)22)24-10-2-3-18(24)11-17(13-23)15-5-7-16(8-6-15)21(25)26/h2-12H,1H3,(H,25,26). The molecule has 1 heterocycles. The van der Waals surface area contributed by atoms with Crippen molar-refractivity contribution in [2.24, 2.45) is 0 Å². The van der Waals surface area contributed by atoms with Gasteiger partial charge in [-0.15, -0.1) is 0 Å². The maximum absolute atomic E-state index is 11.0. The molecule has 0 unspecified atom stereocenters. The monoisotopic (exact) mass is 362 g/mol. The lowest BCUT2D eigenvalue weighted by atomic mass is 10.0. The number of carbonyl (C=O) groups is 1. The zero-order chi connectivity index (χ0) is 18.7. The van der Waals surface area contributed by atoms with Crippen LogP contribution < -0.4 is 0 Å². The topological polar surface area (TPSA) is 66.0 Å². The predicted molar refractivity (Wildman–Crippen MR) is 102 cm³/mol. The second-order valence-electron chi connectivity index (χ2n) is 5.79. The van der Waals surface area contributed by atoms with Crippen molar-refractivity contribution in [3.63, 3.8) is 0 Å². The molecule has 0 amide bonds. The Kier molecular flexibility index (Phi) is 4.92. The number of aryl methyl sites for hydroxylation is 1. The first-order chi connectivity index (χ1) is 12.5. The van der Waals surface area contributed by atoms with E-state index in [0.717, 1.165) is 16.9 Å². The first-order valence-electron chi connectivity index (χ1n) is 7.89. The van der Waals surface area contributed by atoms with Crippen LogP contribution in [-0.2, 0) is 0 Å². The molecule has 4 nitrogen and oxygen atoms in total. The molecule has 0 spiro atoms. The fraction of sp³-hybridized carbons (Fsp3) is 0.0476. The van der Waals surface area contributed by atoms with Crippen LogP contribution in [-0.4, -0.2) is 15.6 Å². The number of rotatable bonds is 4. The number of allylic oxidation sites excluding steroid dienone is 1. The summed E-state index contributed by atoms with van der Waals surface area (Å²) in [4.78, 5) is 11.0. The van der Waals surface area contributed by atoms with Gasteiger partial charge in [-0.05, 0) is 60.5 Å². The third-order valence-electron chi connectivity index (χ3n) is 4.07. The van der Waals surface area contributed by atoms with E-state index in [1.165, 1.54) is 12.1 Å². The van der Waals surface area contributed by atoms with Crippen molar-refractivity contribution in [2.45, 2.75) is 6.92 Å². The second kappa shape index (κ2) is 7.30. The molecule has 0 aliphatic heterocycles. The minimum atomic E-state index is -0.996. The lowest BCUT2D eigenvalue weighted by Crippen LogP contribution is -1.97. The van der Waals surface area contributed by atoms with E-state index in [9.17, 15) is 10.1 Å². The zero-order valence-electron chi connectivity index (χ0n) is 14.0. The molecule has 3 rings (SSSR count). The summed E-state index contributed by atoms with van der Waals surface area (Å²) in [6, 6.07) is 18.0. The summed E-state index contributed by atoms with van der Waals surface area (Å²) >= 11 is 6.22. The number of nitrogens with zero attached hydrogens (tertiary/aromatic N) is 2. The summed E-state index contributed by atoms with van der Waals surface area (Å²) in [5.74, 6) is -0.996. The van der Waals surface area contributed by atoms with Crippen LogP contribution in [0.15, 0.2) is 60.8 Å². The molecule has 1 N–H and O–H groups in total. The Morgan fingerprint density at radius 3 is 2.46 bits per heavy atom. The van der Waals surface area contributed by atoms with Crippen molar-refractivity contribution in [2.75, 3.05) is 0 Å². The maximum atomic E-state index is 11.0. The average Bonchev–Trinajstić information content (AvgIpc) is 3.10. The molecule has 26 heavy (non-hydrogen) atoms. The Balaban J connectivity index is 2.01. The van der Waals surface area contributed by atoms with E-state index in [4.69, 9.17) is 16.7 Å². The molecule has 0 aliphatic carbocycles. The predicted octanol–water partition coefficient (Wildman–Crippen LogP) is 5.20. The fourth-order valence-electron chi connectivity index (χ4n) is 2.60. The van der Waals surface area contributed by atoms with Crippen molar-refractivity contribution < 1.29 is 9.90 Å². The zero-order valence-corrected chi connectivity index (χ0v) is 14.7. The summed E-state index contributed by atoms with van der Waals surface area (Å²) in [6.07, 6.45) is 3.67. The molecule has 128 valence electrons. The average molecular weight is 363 g/mol. The molecule has 0 saturated heterocycles. The Hall–Kier alpha value is -3.29. The highest BCUT2D eigenvalue weighted by atomic mass is 35.5. The van der Waals surface area contributed by atoms with Crippen LogP contribution in [0.25, 0.3) is 17.3 Å². The van der Waals surface area contributed by atoms with E-state index < -0.39 is 5.97 Å². The number of nitriles is 1. The molecule has 0 radical (unpaired) electrons. The lowest BCUT2D eigenvalue weighted by molar-refractivity contribution is 0.0697. The van der Waals surface area contributed by atoms with Crippen LogP contribution in [0.1, 0.15) is 27.2 Å². The van der Waals surface area contributed by atoms with Crippen LogP contribution in [0, 0.1) is 18.3 Å². The Labute approximate surface area is 156 Å². The number of benzene rings is 2. The lowest BCUT2D eigenvalue weighted by Gasteiger charge is -2.09. The van der Waals surface area contributed by atoms with Crippen LogP contribution in [0.2, 0.25) is 5.02 Å². The van der Waals surface area contributed by atoms with E-state index >= 15 is 0 Å². The Bertz CT molecular complexity index is 1040. The molecule has 0 saturated carbocycles. The van der Waals surface area contributed by atoms with Gasteiger partial charge in [-0.25, -0.2) is 4.79 Å². The van der Waals surface area contributed by atoms with Gasteiger partial charge in [0.2, 0.25) is 0 Å². The minimum absolute atomic E-state index is 0.184. The number of hydrogen-bond donors (Lipinski definition) is 1. The van der Waals surface area contributed by atoms with Crippen molar-refractivity contribution in [3.05, 3.63) is 88.2 Å². The number of aromatic carboxylic acids is 1. The molecule has 3 aromatic rings. The Morgan fingerprint density at radius 1 is 1.15 bits per heavy atom. The first-order valence-corrected chi connectivity index (χ1v) is 8.27. The van der Waals surface area contributed by atoms with E-state index in [2.05, 4.69) is 6.07 Å². The second-order valence-corrected chi connectivity index (χ2v) is 6.20. The van der Waals surface area contributed by atoms with Crippen LogP contribution in [0.4, 0.5) is 0 Å². The number of carboxylic acids is 1. The van der Waals surface area contributed by atoms with Gasteiger partial charge in [0, 0.05) is 22.6 Å². The van der Waals surface area contributed by atoms with Gasteiger partial charge in [-0.2, -0.15) is 5.26 Å². The van der Waals surface area contributed by atoms with Gasteiger partial charge in [0.1, 0.15) is 0 Å². The van der Waals surface area contributed by atoms with Gasteiger partial charge in [0.15, 0.2) is 0 Å². The summed E-state index contributed by atoms with van der Waals surface area (Å²) < 4.78 is 1.94. The third kappa shape index (κ3) is 3.53. The van der Waals surface area contributed by atoms with Gasteiger partial charge < -0.3 is 9.67 Å². The normalized spacial score (nSPS) is 11.2. The summed E-state index contributed by atoms with van der Waals surface area (Å²) in [6.45, 7) is 1.94. The molecule has 1 aromatic heterocycles. The van der Waals surface area contributed by atoms with Crippen LogP contribution >= 0.6 is 11.6 Å². The summed E-state index contributed by atoms with van der Waals surface area (Å²) in [5, 5.41) is 19.2. The molecule has 2 aromatic carbocycles. The summed E-state index contributed by atoms with van der Waals surface area (Å²) in [7, 11) is 0.